The summed E-state index contributed by atoms with van der Waals surface area (Å²) in [5.74, 6) is 0.102. The Hall–Kier alpha value is -1.70. The van der Waals surface area contributed by atoms with Gasteiger partial charge in [-0.25, -0.2) is 0 Å². The lowest BCUT2D eigenvalue weighted by atomic mass is 10.0. The van der Waals surface area contributed by atoms with Crippen LogP contribution in [0.4, 0.5) is 0 Å². The molecule has 2 rings (SSSR count). The molecule has 1 aromatic heterocycles. The summed E-state index contributed by atoms with van der Waals surface area (Å²) in [7, 11) is 0. The van der Waals surface area contributed by atoms with E-state index in [1.807, 2.05) is 25.1 Å². The fourth-order valence-corrected chi connectivity index (χ4v) is 1.71. The van der Waals surface area contributed by atoms with Crippen LogP contribution in [0.2, 0.25) is 0 Å². The first-order valence-electron chi connectivity index (χ1n) is 4.54. The zero-order valence-electron chi connectivity index (χ0n) is 8.24. The van der Waals surface area contributed by atoms with Crippen molar-refractivity contribution >= 4 is 16.6 Å². The largest absolute Gasteiger partial charge is 0.294 e. The van der Waals surface area contributed by atoms with Crippen molar-refractivity contribution in [3.63, 3.8) is 0 Å². The highest BCUT2D eigenvalue weighted by Gasteiger charge is 2.06. The Balaban J connectivity index is 2.91. The molecule has 0 atom stereocenters. The molecular weight excluding hydrogens is 174 g/mol. The van der Waals surface area contributed by atoms with Crippen molar-refractivity contribution in [2.45, 2.75) is 13.8 Å². The molecule has 1 aromatic carbocycles. The quantitative estimate of drug-likeness (QED) is 0.639. The Kier molecular flexibility index (Phi) is 2.04. The van der Waals surface area contributed by atoms with Crippen molar-refractivity contribution < 1.29 is 4.79 Å². The summed E-state index contributed by atoms with van der Waals surface area (Å²) in [5, 5.41) is 2.05. The third kappa shape index (κ3) is 1.29. The maximum Gasteiger partial charge on any atom is 0.160 e. The number of ketones is 1. The molecule has 0 aliphatic rings. The Bertz CT molecular complexity index is 497. The smallest absolute Gasteiger partial charge is 0.160 e. The lowest BCUT2D eigenvalue weighted by Gasteiger charge is -2.05. The predicted octanol–water partition coefficient (Wildman–Crippen LogP) is 2.75. The van der Waals surface area contributed by atoms with Crippen LogP contribution in [0, 0.1) is 6.92 Å². The molecule has 0 bridgehead atoms. The molecule has 0 radical (unpaired) electrons. The number of rotatable bonds is 1. The molecule has 0 saturated carbocycles. The van der Waals surface area contributed by atoms with E-state index in [2.05, 4.69) is 4.98 Å². The fraction of sp³-hybridized carbons (Fsp3) is 0.167. The number of Topliss-reactive ketones (excluding diaryl/α,β-unsaturated/α-hetero) is 1. The molecule has 0 aliphatic carbocycles. The summed E-state index contributed by atoms with van der Waals surface area (Å²) in [6, 6.07) is 5.72. The Morgan fingerprint density at radius 3 is 2.79 bits per heavy atom. The fourth-order valence-electron chi connectivity index (χ4n) is 1.71. The molecule has 1 heterocycles. The van der Waals surface area contributed by atoms with Gasteiger partial charge in [-0.15, -0.1) is 0 Å². The van der Waals surface area contributed by atoms with Crippen molar-refractivity contribution in [1.82, 2.24) is 4.98 Å². The van der Waals surface area contributed by atoms with Gasteiger partial charge in [0.05, 0.1) is 0 Å². The van der Waals surface area contributed by atoms with Crippen molar-refractivity contribution in [3.05, 3.63) is 41.7 Å². The van der Waals surface area contributed by atoms with Crippen LogP contribution in [0.5, 0.6) is 0 Å². The predicted molar refractivity (Wildman–Crippen MR) is 56.5 cm³/mol. The maximum absolute atomic E-state index is 11.4. The van der Waals surface area contributed by atoms with Crippen LogP contribution < -0.4 is 0 Å². The van der Waals surface area contributed by atoms with Crippen LogP contribution >= 0.6 is 0 Å². The highest BCUT2D eigenvalue weighted by Crippen LogP contribution is 2.21. The number of carbonyl (C=O) groups excluding carboxylic acids is 1. The van der Waals surface area contributed by atoms with E-state index in [0.29, 0.717) is 0 Å². The van der Waals surface area contributed by atoms with E-state index in [1.54, 1.807) is 19.3 Å². The highest BCUT2D eigenvalue weighted by atomic mass is 16.1. The van der Waals surface area contributed by atoms with E-state index in [4.69, 9.17) is 0 Å². The zero-order valence-corrected chi connectivity index (χ0v) is 8.24. The molecule has 2 heteroatoms. The molecule has 0 N–H and O–H groups in total. The van der Waals surface area contributed by atoms with Crippen LogP contribution in [0.15, 0.2) is 30.6 Å². The number of hydrogen-bond donors (Lipinski definition) is 0. The van der Waals surface area contributed by atoms with Gasteiger partial charge in [0, 0.05) is 23.3 Å². The second-order valence-corrected chi connectivity index (χ2v) is 3.42. The Morgan fingerprint density at radius 1 is 1.29 bits per heavy atom. The van der Waals surface area contributed by atoms with Crippen LogP contribution in [-0.4, -0.2) is 10.8 Å². The maximum atomic E-state index is 11.4. The second kappa shape index (κ2) is 3.22. The van der Waals surface area contributed by atoms with Crippen LogP contribution in [0.3, 0.4) is 0 Å². The number of hydrogen-bond acceptors (Lipinski definition) is 2. The number of carbonyl (C=O) groups is 1. The standard InChI is InChI=1S/C12H11NO/c1-8-6-13-7-10-4-3-5-11(9(2)14)12(8)10/h3-7H,1-2H3. The SMILES string of the molecule is CC(=O)c1cccc2cncc(C)c12. The third-order valence-corrected chi connectivity index (χ3v) is 2.35. The summed E-state index contributed by atoms with van der Waals surface area (Å²) in [4.78, 5) is 15.5. The summed E-state index contributed by atoms with van der Waals surface area (Å²) < 4.78 is 0. The summed E-state index contributed by atoms with van der Waals surface area (Å²) in [5.41, 5.74) is 1.83. The van der Waals surface area contributed by atoms with Gasteiger partial charge in [-0.3, -0.25) is 9.78 Å². The van der Waals surface area contributed by atoms with E-state index in [-0.39, 0.29) is 5.78 Å². The molecule has 0 fully saturated rings. The second-order valence-electron chi connectivity index (χ2n) is 3.42. The molecular formula is C12H11NO. The van der Waals surface area contributed by atoms with Crippen molar-refractivity contribution in [3.8, 4) is 0 Å². The highest BCUT2D eigenvalue weighted by molar-refractivity contribution is 6.07. The molecule has 0 amide bonds. The van der Waals surface area contributed by atoms with E-state index >= 15 is 0 Å². The average molecular weight is 185 g/mol. The number of pyridine rings is 1. The minimum atomic E-state index is 0.102. The topological polar surface area (TPSA) is 30.0 Å². The lowest BCUT2D eigenvalue weighted by molar-refractivity contribution is 0.101. The molecule has 0 spiro atoms. The number of aromatic nitrogens is 1. The van der Waals surface area contributed by atoms with Gasteiger partial charge in [-0.1, -0.05) is 18.2 Å². The molecule has 2 nitrogen and oxygen atoms in total. The van der Waals surface area contributed by atoms with Crippen LogP contribution in [0.1, 0.15) is 22.8 Å². The van der Waals surface area contributed by atoms with Gasteiger partial charge in [0.2, 0.25) is 0 Å². The van der Waals surface area contributed by atoms with Gasteiger partial charge in [-0.2, -0.15) is 0 Å². The van der Waals surface area contributed by atoms with Gasteiger partial charge in [-0.05, 0) is 24.8 Å². The number of nitrogens with zero attached hydrogens (tertiary/aromatic N) is 1. The monoisotopic (exact) mass is 185 g/mol. The summed E-state index contributed by atoms with van der Waals surface area (Å²) in [6.07, 6.45) is 3.57. The van der Waals surface area contributed by atoms with Gasteiger partial charge >= 0.3 is 0 Å². The van der Waals surface area contributed by atoms with E-state index in [1.165, 1.54) is 0 Å². The number of fused-ring (bicyclic) bond motifs is 1. The first-order valence-corrected chi connectivity index (χ1v) is 4.54. The van der Waals surface area contributed by atoms with Crippen LogP contribution in [0.25, 0.3) is 10.8 Å². The summed E-state index contributed by atoms with van der Waals surface area (Å²) in [6.45, 7) is 3.57. The number of benzene rings is 1. The van der Waals surface area contributed by atoms with Crippen LogP contribution in [-0.2, 0) is 0 Å². The van der Waals surface area contributed by atoms with E-state index in [0.717, 1.165) is 21.9 Å². The minimum absolute atomic E-state index is 0.102. The van der Waals surface area contributed by atoms with Gasteiger partial charge < -0.3 is 0 Å². The summed E-state index contributed by atoms with van der Waals surface area (Å²) >= 11 is 0. The Labute approximate surface area is 82.6 Å². The molecule has 14 heavy (non-hydrogen) atoms. The first kappa shape index (κ1) is 8.88. The first-order chi connectivity index (χ1) is 6.70. The minimum Gasteiger partial charge on any atom is -0.294 e. The van der Waals surface area contributed by atoms with Crippen molar-refractivity contribution in [1.29, 1.82) is 0 Å². The molecule has 0 aliphatic heterocycles. The molecule has 0 saturated heterocycles. The van der Waals surface area contributed by atoms with Crippen molar-refractivity contribution in [2.75, 3.05) is 0 Å². The number of aryl methyl sites for hydroxylation is 1. The normalized spacial score (nSPS) is 10.4. The van der Waals surface area contributed by atoms with E-state index < -0.39 is 0 Å². The molecule has 70 valence electrons. The van der Waals surface area contributed by atoms with Gasteiger partial charge in [0.1, 0.15) is 0 Å². The van der Waals surface area contributed by atoms with E-state index in [9.17, 15) is 4.79 Å². The molecule has 2 aromatic rings. The molecule has 0 unspecified atom stereocenters. The third-order valence-electron chi connectivity index (χ3n) is 2.35. The van der Waals surface area contributed by atoms with Gasteiger partial charge in [0.25, 0.3) is 0 Å². The van der Waals surface area contributed by atoms with Crippen molar-refractivity contribution in [2.24, 2.45) is 0 Å². The zero-order chi connectivity index (χ0) is 10.1. The van der Waals surface area contributed by atoms with Gasteiger partial charge in [0.15, 0.2) is 5.78 Å². The average Bonchev–Trinajstić information content (AvgIpc) is 2.17. The lowest BCUT2D eigenvalue weighted by Crippen LogP contribution is -1.95. The Morgan fingerprint density at radius 2 is 2.07 bits per heavy atom.